The van der Waals surface area contributed by atoms with E-state index in [9.17, 15) is 4.79 Å². The molecule has 1 aromatic carbocycles. The van der Waals surface area contributed by atoms with Crippen LogP contribution < -0.4 is 5.32 Å². The maximum atomic E-state index is 12.0. The first-order valence-corrected chi connectivity index (χ1v) is 7.84. The van der Waals surface area contributed by atoms with Crippen LogP contribution in [0.3, 0.4) is 0 Å². The van der Waals surface area contributed by atoms with Gasteiger partial charge in [-0.15, -0.1) is 0 Å². The lowest BCUT2D eigenvalue weighted by molar-refractivity contribution is -0.142. The molecule has 0 aliphatic rings. The van der Waals surface area contributed by atoms with Crippen molar-refractivity contribution in [3.05, 3.63) is 35.9 Å². The third-order valence-electron chi connectivity index (χ3n) is 3.46. The van der Waals surface area contributed by atoms with Gasteiger partial charge in [0.05, 0.1) is 0 Å². The van der Waals surface area contributed by atoms with Crippen LogP contribution in [0.2, 0.25) is 0 Å². The summed E-state index contributed by atoms with van der Waals surface area (Å²) in [7, 11) is 0. The number of ether oxygens (including phenoxy) is 1. The fraction of sp³-hybridized carbons (Fsp3) is 0.588. The molecule has 1 atom stereocenters. The summed E-state index contributed by atoms with van der Waals surface area (Å²) < 4.78 is 5.61. The van der Waals surface area contributed by atoms with Crippen molar-refractivity contribution >= 4 is 5.91 Å². The number of hydrogen-bond donors (Lipinski definition) is 1. The van der Waals surface area contributed by atoms with Crippen LogP contribution in [0.5, 0.6) is 0 Å². The van der Waals surface area contributed by atoms with Gasteiger partial charge in [-0.3, -0.25) is 4.79 Å². The van der Waals surface area contributed by atoms with Crippen LogP contribution in [-0.2, 0) is 16.1 Å². The van der Waals surface area contributed by atoms with E-state index in [1.54, 1.807) is 4.90 Å². The van der Waals surface area contributed by atoms with E-state index in [-0.39, 0.29) is 12.0 Å². The molecule has 0 aliphatic carbocycles. The van der Waals surface area contributed by atoms with E-state index in [4.69, 9.17) is 4.74 Å². The molecule has 0 aliphatic heterocycles. The molecule has 0 spiro atoms. The zero-order valence-corrected chi connectivity index (χ0v) is 13.5. The first-order valence-electron chi connectivity index (χ1n) is 7.84. The molecule has 1 rings (SSSR count). The summed E-state index contributed by atoms with van der Waals surface area (Å²) in [5.74, 6) is 0.0808. The number of carbonyl (C=O) groups is 1. The van der Waals surface area contributed by atoms with E-state index in [1.165, 1.54) is 5.56 Å². The van der Waals surface area contributed by atoms with Gasteiger partial charge in [0.2, 0.25) is 0 Å². The molecule has 0 aromatic heterocycles. The molecule has 21 heavy (non-hydrogen) atoms. The van der Waals surface area contributed by atoms with E-state index in [0.717, 1.165) is 32.6 Å². The number of carbonyl (C=O) groups excluding carboxylic acids is 1. The number of hydrogen-bond acceptors (Lipinski definition) is 3. The number of likely N-dealkylation sites (N-methyl/N-ethyl adjacent to an activating group) is 1. The molecule has 1 aromatic rings. The summed E-state index contributed by atoms with van der Waals surface area (Å²) in [4.78, 5) is 13.8. The molecule has 4 nitrogen and oxygen atoms in total. The van der Waals surface area contributed by atoms with E-state index in [0.29, 0.717) is 6.61 Å². The third kappa shape index (κ3) is 6.74. The van der Waals surface area contributed by atoms with E-state index < -0.39 is 0 Å². The molecule has 0 bridgehead atoms. The molecular weight excluding hydrogens is 264 g/mol. The second-order valence-corrected chi connectivity index (χ2v) is 5.04. The van der Waals surface area contributed by atoms with Crippen LogP contribution in [0.4, 0.5) is 0 Å². The average Bonchev–Trinajstić information content (AvgIpc) is 2.52. The summed E-state index contributed by atoms with van der Waals surface area (Å²) in [6, 6.07) is 10.3. The van der Waals surface area contributed by atoms with Crippen LogP contribution in [-0.4, -0.2) is 43.2 Å². The predicted molar refractivity (Wildman–Crippen MR) is 86.1 cm³/mol. The maximum absolute atomic E-state index is 12.0. The number of nitrogens with one attached hydrogen (secondary N) is 1. The quantitative estimate of drug-likeness (QED) is 0.674. The summed E-state index contributed by atoms with van der Waals surface area (Å²) in [6.45, 7) is 9.65. The Hall–Kier alpha value is -1.39. The standard InChI is InChI=1S/C17H28N2O2/c1-4-19(5-2)17(20)15(3)21-13-9-12-18-14-16-10-7-6-8-11-16/h6-8,10-11,15,18H,4-5,9,12-14H2,1-3H3. The Morgan fingerprint density at radius 1 is 1.24 bits per heavy atom. The van der Waals surface area contributed by atoms with Gasteiger partial charge in [-0.1, -0.05) is 30.3 Å². The van der Waals surface area contributed by atoms with Crippen LogP contribution in [0.1, 0.15) is 32.8 Å². The largest absolute Gasteiger partial charge is 0.369 e. The minimum absolute atomic E-state index is 0.0808. The van der Waals surface area contributed by atoms with Crippen LogP contribution in [0.25, 0.3) is 0 Å². The van der Waals surface area contributed by atoms with E-state index >= 15 is 0 Å². The zero-order valence-electron chi connectivity index (χ0n) is 13.5. The van der Waals surface area contributed by atoms with Crippen molar-refractivity contribution in [3.8, 4) is 0 Å². The number of rotatable bonds is 10. The normalized spacial score (nSPS) is 12.1. The van der Waals surface area contributed by atoms with Crippen molar-refractivity contribution < 1.29 is 9.53 Å². The van der Waals surface area contributed by atoms with E-state index in [2.05, 4.69) is 17.4 Å². The molecule has 0 saturated carbocycles. The summed E-state index contributed by atoms with van der Waals surface area (Å²) in [6.07, 6.45) is 0.557. The predicted octanol–water partition coefficient (Wildman–Crippen LogP) is 2.44. The fourth-order valence-electron chi connectivity index (χ4n) is 2.15. The van der Waals surface area contributed by atoms with Crippen molar-refractivity contribution in [2.75, 3.05) is 26.2 Å². The van der Waals surface area contributed by atoms with Crippen molar-refractivity contribution in [1.29, 1.82) is 0 Å². The Balaban J connectivity index is 2.09. The third-order valence-corrected chi connectivity index (χ3v) is 3.46. The van der Waals surface area contributed by atoms with Gasteiger partial charge in [-0.25, -0.2) is 0 Å². The molecule has 0 radical (unpaired) electrons. The Morgan fingerprint density at radius 2 is 1.90 bits per heavy atom. The van der Waals surface area contributed by atoms with Gasteiger partial charge < -0.3 is 15.0 Å². The van der Waals surface area contributed by atoms with Crippen LogP contribution in [0.15, 0.2) is 30.3 Å². The highest BCUT2D eigenvalue weighted by atomic mass is 16.5. The molecule has 1 unspecified atom stereocenters. The monoisotopic (exact) mass is 292 g/mol. The molecule has 0 fully saturated rings. The molecule has 0 saturated heterocycles. The Bertz CT molecular complexity index is 391. The summed E-state index contributed by atoms with van der Waals surface area (Å²) >= 11 is 0. The minimum atomic E-state index is -0.348. The van der Waals surface area contributed by atoms with E-state index in [1.807, 2.05) is 39.0 Å². The zero-order chi connectivity index (χ0) is 15.5. The van der Waals surface area contributed by atoms with Gasteiger partial charge in [0.1, 0.15) is 6.10 Å². The average molecular weight is 292 g/mol. The van der Waals surface area contributed by atoms with Crippen molar-refractivity contribution in [1.82, 2.24) is 10.2 Å². The summed E-state index contributed by atoms with van der Waals surface area (Å²) in [5, 5.41) is 3.37. The molecule has 1 amide bonds. The number of benzene rings is 1. The highest BCUT2D eigenvalue weighted by Gasteiger charge is 2.17. The molecule has 0 heterocycles. The second kappa shape index (κ2) is 10.4. The minimum Gasteiger partial charge on any atom is -0.369 e. The maximum Gasteiger partial charge on any atom is 0.251 e. The molecule has 118 valence electrons. The highest BCUT2D eigenvalue weighted by Crippen LogP contribution is 2.00. The number of amides is 1. The van der Waals surface area contributed by atoms with Gasteiger partial charge in [0.25, 0.3) is 5.91 Å². The molecular formula is C17H28N2O2. The SMILES string of the molecule is CCN(CC)C(=O)C(C)OCCCNCc1ccccc1. The lowest BCUT2D eigenvalue weighted by Crippen LogP contribution is -2.39. The van der Waals surface area contributed by atoms with Crippen LogP contribution >= 0.6 is 0 Å². The van der Waals surface area contributed by atoms with Crippen LogP contribution in [0, 0.1) is 0 Å². The summed E-state index contributed by atoms with van der Waals surface area (Å²) in [5.41, 5.74) is 1.28. The Morgan fingerprint density at radius 3 is 2.52 bits per heavy atom. The van der Waals surface area contributed by atoms with Crippen molar-refractivity contribution in [3.63, 3.8) is 0 Å². The Kier molecular flexibility index (Phi) is 8.71. The second-order valence-electron chi connectivity index (χ2n) is 5.04. The topological polar surface area (TPSA) is 41.6 Å². The smallest absolute Gasteiger partial charge is 0.251 e. The van der Waals surface area contributed by atoms with Crippen molar-refractivity contribution in [2.24, 2.45) is 0 Å². The first kappa shape index (κ1) is 17.7. The van der Waals surface area contributed by atoms with Gasteiger partial charge in [0.15, 0.2) is 0 Å². The Labute approximate surface area is 128 Å². The lowest BCUT2D eigenvalue weighted by Gasteiger charge is -2.22. The molecule has 4 heteroatoms. The number of nitrogens with zero attached hydrogens (tertiary/aromatic N) is 1. The molecule has 1 N–H and O–H groups in total. The van der Waals surface area contributed by atoms with Gasteiger partial charge in [-0.2, -0.15) is 0 Å². The van der Waals surface area contributed by atoms with Crippen molar-refractivity contribution in [2.45, 2.75) is 39.8 Å². The van der Waals surface area contributed by atoms with Gasteiger partial charge in [-0.05, 0) is 39.3 Å². The van der Waals surface area contributed by atoms with Gasteiger partial charge in [0, 0.05) is 26.2 Å². The first-order chi connectivity index (χ1) is 10.2. The lowest BCUT2D eigenvalue weighted by atomic mass is 10.2. The fourth-order valence-corrected chi connectivity index (χ4v) is 2.15. The van der Waals surface area contributed by atoms with Gasteiger partial charge >= 0.3 is 0 Å². The highest BCUT2D eigenvalue weighted by molar-refractivity contribution is 5.80.